The lowest BCUT2D eigenvalue weighted by Gasteiger charge is -2.19. The van der Waals surface area contributed by atoms with Gasteiger partial charge in [0.2, 0.25) is 0 Å². The molecule has 0 spiro atoms. The van der Waals surface area contributed by atoms with Gasteiger partial charge in [-0.3, -0.25) is 4.68 Å². The first-order valence-corrected chi connectivity index (χ1v) is 6.02. The fourth-order valence-corrected chi connectivity index (χ4v) is 2.23. The third-order valence-corrected chi connectivity index (χ3v) is 3.13. The Morgan fingerprint density at radius 1 is 1.29 bits per heavy atom. The molecule has 1 N–H and O–H groups in total. The summed E-state index contributed by atoms with van der Waals surface area (Å²) in [6, 6.07) is 10.8. The summed E-state index contributed by atoms with van der Waals surface area (Å²) in [6.45, 7) is 5.15. The zero-order valence-electron chi connectivity index (χ0n) is 10.6. The van der Waals surface area contributed by atoms with E-state index in [-0.39, 0.29) is 6.04 Å². The van der Waals surface area contributed by atoms with Gasteiger partial charge in [0.05, 0.1) is 11.7 Å². The van der Waals surface area contributed by atoms with Crippen molar-refractivity contribution in [1.29, 1.82) is 0 Å². The van der Waals surface area contributed by atoms with Crippen molar-refractivity contribution < 1.29 is 0 Å². The molecule has 0 radical (unpaired) electrons. The second-order valence-electron chi connectivity index (χ2n) is 4.15. The third kappa shape index (κ3) is 2.24. The highest BCUT2D eigenvalue weighted by molar-refractivity contribution is 5.34. The molecule has 0 saturated carbocycles. The maximum absolute atomic E-state index is 4.34. The van der Waals surface area contributed by atoms with Crippen molar-refractivity contribution in [2.75, 3.05) is 7.05 Å². The summed E-state index contributed by atoms with van der Waals surface area (Å²) < 4.78 is 2.04. The van der Waals surface area contributed by atoms with E-state index in [2.05, 4.69) is 54.6 Å². The van der Waals surface area contributed by atoms with Crippen LogP contribution in [0, 0.1) is 6.92 Å². The molecule has 2 aromatic rings. The normalized spacial score (nSPS) is 12.6. The van der Waals surface area contributed by atoms with Crippen molar-refractivity contribution in [2.24, 2.45) is 0 Å². The molecule has 0 fully saturated rings. The lowest BCUT2D eigenvalue weighted by Crippen LogP contribution is -2.22. The van der Waals surface area contributed by atoms with Crippen LogP contribution in [-0.4, -0.2) is 16.8 Å². The molecule has 1 atom stereocenters. The third-order valence-electron chi connectivity index (χ3n) is 3.13. The number of nitrogens with one attached hydrogen (secondary N) is 1. The SMILES string of the molecule is CCn1nccc1C(NC)c1ccccc1C. The molecule has 1 aromatic carbocycles. The molecule has 0 amide bonds. The van der Waals surface area contributed by atoms with E-state index in [0.717, 1.165) is 6.54 Å². The molecule has 1 unspecified atom stereocenters. The van der Waals surface area contributed by atoms with Crippen LogP contribution in [0.5, 0.6) is 0 Å². The van der Waals surface area contributed by atoms with Gasteiger partial charge in [-0.1, -0.05) is 24.3 Å². The van der Waals surface area contributed by atoms with E-state index in [1.807, 2.05) is 17.9 Å². The first-order chi connectivity index (χ1) is 8.27. The molecule has 0 bridgehead atoms. The predicted molar refractivity (Wildman–Crippen MR) is 70.0 cm³/mol. The molecule has 17 heavy (non-hydrogen) atoms. The summed E-state index contributed by atoms with van der Waals surface area (Å²) in [5.74, 6) is 0. The van der Waals surface area contributed by atoms with Crippen LogP contribution in [0.2, 0.25) is 0 Å². The first kappa shape index (κ1) is 11.9. The molecule has 1 aromatic heterocycles. The average Bonchev–Trinajstić information content (AvgIpc) is 2.81. The summed E-state index contributed by atoms with van der Waals surface area (Å²) >= 11 is 0. The van der Waals surface area contributed by atoms with E-state index in [9.17, 15) is 0 Å². The van der Waals surface area contributed by atoms with Crippen molar-refractivity contribution in [3.63, 3.8) is 0 Å². The van der Waals surface area contributed by atoms with Crippen LogP contribution in [0.1, 0.15) is 29.8 Å². The summed E-state index contributed by atoms with van der Waals surface area (Å²) in [4.78, 5) is 0. The van der Waals surface area contributed by atoms with Crippen molar-refractivity contribution in [3.05, 3.63) is 53.3 Å². The van der Waals surface area contributed by atoms with Crippen molar-refractivity contribution in [3.8, 4) is 0 Å². The van der Waals surface area contributed by atoms with Crippen molar-refractivity contribution in [2.45, 2.75) is 26.4 Å². The first-order valence-electron chi connectivity index (χ1n) is 6.02. The average molecular weight is 229 g/mol. The quantitative estimate of drug-likeness (QED) is 0.873. The molecule has 0 aliphatic carbocycles. The molecule has 1 heterocycles. The molecule has 3 nitrogen and oxygen atoms in total. The van der Waals surface area contributed by atoms with E-state index in [4.69, 9.17) is 0 Å². The second-order valence-corrected chi connectivity index (χ2v) is 4.15. The second kappa shape index (κ2) is 5.15. The lowest BCUT2D eigenvalue weighted by atomic mass is 9.99. The Morgan fingerprint density at radius 3 is 2.71 bits per heavy atom. The summed E-state index contributed by atoms with van der Waals surface area (Å²) in [6.07, 6.45) is 1.86. The molecule has 2 rings (SSSR count). The van der Waals surface area contributed by atoms with Gasteiger partial charge in [0.25, 0.3) is 0 Å². The molecule has 90 valence electrons. The Morgan fingerprint density at radius 2 is 2.06 bits per heavy atom. The molecular weight excluding hydrogens is 210 g/mol. The van der Waals surface area contributed by atoms with Gasteiger partial charge in [0, 0.05) is 12.7 Å². The Hall–Kier alpha value is -1.61. The van der Waals surface area contributed by atoms with Crippen LogP contribution in [-0.2, 0) is 6.54 Å². The summed E-state index contributed by atoms with van der Waals surface area (Å²) in [5.41, 5.74) is 3.82. The lowest BCUT2D eigenvalue weighted by molar-refractivity contribution is 0.562. The number of aromatic nitrogens is 2. The summed E-state index contributed by atoms with van der Waals surface area (Å²) in [7, 11) is 1.99. The maximum atomic E-state index is 4.34. The van der Waals surface area contributed by atoms with Crippen LogP contribution in [0.15, 0.2) is 36.5 Å². The van der Waals surface area contributed by atoms with Crippen LogP contribution in [0.3, 0.4) is 0 Å². The minimum atomic E-state index is 0.207. The van der Waals surface area contributed by atoms with Gasteiger partial charge in [-0.15, -0.1) is 0 Å². The van der Waals surface area contributed by atoms with Gasteiger partial charge in [0.15, 0.2) is 0 Å². The van der Waals surface area contributed by atoms with Crippen LogP contribution in [0.25, 0.3) is 0 Å². The molecule has 0 saturated heterocycles. The molecule has 3 heteroatoms. The Bertz CT molecular complexity index is 488. The van der Waals surface area contributed by atoms with Crippen LogP contribution >= 0.6 is 0 Å². The van der Waals surface area contributed by atoms with Crippen LogP contribution < -0.4 is 5.32 Å². The highest BCUT2D eigenvalue weighted by Crippen LogP contribution is 2.24. The zero-order chi connectivity index (χ0) is 12.3. The topological polar surface area (TPSA) is 29.9 Å². The minimum Gasteiger partial charge on any atom is -0.308 e. The van der Waals surface area contributed by atoms with E-state index >= 15 is 0 Å². The zero-order valence-corrected chi connectivity index (χ0v) is 10.6. The van der Waals surface area contributed by atoms with E-state index in [1.54, 1.807) is 0 Å². The van der Waals surface area contributed by atoms with E-state index in [1.165, 1.54) is 16.8 Å². The number of nitrogens with zero attached hydrogens (tertiary/aromatic N) is 2. The maximum Gasteiger partial charge on any atom is 0.0748 e. The monoisotopic (exact) mass is 229 g/mol. The standard InChI is InChI=1S/C14H19N3/c1-4-17-13(9-10-16-17)14(15-3)12-8-6-5-7-11(12)2/h5-10,14-15H,4H2,1-3H3. The van der Waals surface area contributed by atoms with Gasteiger partial charge >= 0.3 is 0 Å². The number of benzene rings is 1. The Labute approximate surface area is 102 Å². The fraction of sp³-hybridized carbons (Fsp3) is 0.357. The number of hydrogen-bond donors (Lipinski definition) is 1. The predicted octanol–water partition coefficient (Wildman–Crippen LogP) is 2.52. The minimum absolute atomic E-state index is 0.207. The van der Waals surface area contributed by atoms with Gasteiger partial charge < -0.3 is 5.32 Å². The number of rotatable bonds is 4. The van der Waals surface area contributed by atoms with Crippen LogP contribution in [0.4, 0.5) is 0 Å². The van der Waals surface area contributed by atoms with Gasteiger partial charge in [-0.2, -0.15) is 5.10 Å². The summed E-state index contributed by atoms with van der Waals surface area (Å²) in [5, 5.41) is 7.71. The largest absolute Gasteiger partial charge is 0.308 e. The van der Waals surface area contributed by atoms with Gasteiger partial charge in [0.1, 0.15) is 0 Å². The molecule has 0 aliphatic heterocycles. The number of hydrogen-bond acceptors (Lipinski definition) is 2. The highest BCUT2D eigenvalue weighted by Gasteiger charge is 2.17. The Balaban J connectivity index is 2.44. The molecule has 0 aliphatic rings. The smallest absolute Gasteiger partial charge is 0.0748 e. The molecular formula is C14H19N3. The van der Waals surface area contributed by atoms with E-state index < -0.39 is 0 Å². The number of aryl methyl sites for hydroxylation is 2. The fourth-order valence-electron chi connectivity index (χ4n) is 2.23. The van der Waals surface area contributed by atoms with E-state index in [0.29, 0.717) is 0 Å². The Kier molecular flexibility index (Phi) is 3.59. The highest BCUT2D eigenvalue weighted by atomic mass is 15.3. The van der Waals surface area contributed by atoms with Crippen molar-refractivity contribution >= 4 is 0 Å². The van der Waals surface area contributed by atoms with Crippen molar-refractivity contribution in [1.82, 2.24) is 15.1 Å². The van der Waals surface area contributed by atoms with Gasteiger partial charge in [-0.25, -0.2) is 0 Å². The van der Waals surface area contributed by atoms with Gasteiger partial charge in [-0.05, 0) is 38.1 Å².